The fraction of sp³-hybridized carbons (Fsp3) is 0.692. The van der Waals surface area contributed by atoms with Crippen LogP contribution >= 0.6 is 0 Å². The van der Waals surface area contributed by atoms with Gasteiger partial charge in [-0.05, 0) is 38.4 Å². The Kier molecular flexibility index (Phi) is 3.66. The highest BCUT2D eigenvalue weighted by molar-refractivity contribution is 5.09. The highest BCUT2D eigenvalue weighted by atomic mass is 15.2. The Balaban J connectivity index is 1.75. The highest BCUT2D eigenvalue weighted by Gasteiger charge is 2.23. The largest absolute Gasteiger partial charge is 0.357 e. The maximum Gasteiger partial charge on any atom is 0.0223 e. The molecule has 1 aromatic rings. The third-order valence-corrected chi connectivity index (χ3v) is 3.44. The van der Waals surface area contributed by atoms with Gasteiger partial charge < -0.3 is 9.88 Å². The van der Waals surface area contributed by atoms with Crippen LogP contribution in [0.4, 0.5) is 0 Å². The predicted molar refractivity (Wildman–Crippen MR) is 67.4 cm³/mol. The number of hydrogen-bond acceptors (Lipinski definition) is 2. The van der Waals surface area contributed by atoms with E-state index in [4.69, 9.17) is 0 Å². The van der Waals surface area contributed by atoms with Crippen LogP contribution in [0.3, 0.4) is 0 Å². The fourth-order valence-electron chi connectivity index (χ4n) is 2.35. The lowest BCUT2D eigenvalue weighted by molar-refractivity contribution is 0.268. The van der Waals surface area contributed by atoms with E-state index in [0.717, 1.165) is 6.54 Å². The van der Waals surface area contributed by atoms with Crippen LogP contribution in [0.25, 0.3) is 0 Å². The molecule has 3 heteroatoms. The third kappa shape index (κ3) is 2.86. The van der Waals surface area contributed by atoms with Crippen LogP contribution in [-0.2, 0) is 13.6 Å². The lowest BCUT2D eigenvalue weighted by Crippen LogP contribution is -2.34. The van der Waals surface area contributed by atoms with Gasteiger partial charge in [-0.25, -0.2) is 0 Å². The number of aryl methyl sites for hydroxylation is 1. The number of hydrogen-bond donors (Lipinski definition) is 1. The lowest BCUT2D eigenvalue weighted by atomic mass is 10.2. The molecule has 0 aromatic carbocycles. The summed E-state index contributed by atoms with van der Waals surface area (Å²) in [4.78, 5) is 2.54. The summed E-state index contributed by atoms with van der Waals surface area (Å²) >= 11 is 0. The van der Waals surface area contributed by atoms with Gasteiger partial charge in [0.05, 0.1) is 0 Å². The van der Waals surface area contributed by atoms with Crippen LogP contribution < -0.4 is 5.32 Å². The highest BCUT2D eigenvalue weighted by Crippen LogP contribution is 2.12. The molecular formula is C13H23N3. The van der Waals surface area contributed by atoms with Gasteiger partial charge in [0.1, 0.15) is 0 Å². The molecule has 1 unspecified atom stereocenters. The summed E-state index contributed by atoms with van der Waals surface area (Å²) in [7, 11) is 2.07. The number of rotatable bonds is 4. The summed E-state index contributed by atoms with van der Waals surface area (Å²) < 4.78 is 2.10. The van der Waals surface area contributed by atoms with Gasteiger partial charge in [0.25, 0.3) is 0 Å². The maximum atomic E-state index is 3.64. The van der Waals surface area contributed by atoms with Gasteiger partial charge in [-0.3, -0.25) is 4.90 Å². The van der Waals surface area contributed by atoms with Gasteiger partial charge >= 0.3 is 0 Å². The van der Waals surface area contributed by atoms with Gasteiger partial charge in [-0.15, -0.1) is 0 Å². The van der Waals surface area contributed by atoms with Gasteiger partial charge in [0, 0.05) is 44.6 Å². The molecule has 1 aliphatic heterocycles. The normalized spacial score (nSPS) is 22.1. The first-order valence-electron chi connectivity index (χ1n) is 6.23. The Morgan fingerprint density at radius 3 is 2.88 bits per heavy atom. The molecule has 0 bridgehead atoms. The van der Waals surface area contributed by atoms with Gasteiger partial charge in [-0.2, -0.15) is 0 Å². The Hall–Kier alpha value is -0.800. The Bertz CT molecular complexity index is 330. The molecule has 1 atom stereocenters. The second-order valence-electron chi connectivity index (χ2n) is 5.14. The fourth-order valence-corrected chi connectivity index (χ4v) is 2.35. The Morgan fingerprint density at radius 1 is 1.50 bits per heavy atom. The standard InChI is InChI=1S/C13H23N3/c1-11(2)16-7-5-13(10-16)14-8-12-4-6-15(3)9-12/h4,6,9,11,13-14H,5,7-8,10H2,1-3H3. The average molecular weight is 221 g/mol. The smallest absolute Gasteiger partial charge is 0.0223 e. The van der Waals surface area contributed by atoms with E-state index in [2.05, 4.69) is 54.1 Å². The summed E-state index contributed by atoms with van der Waals surface area (Å²) in [6, 6.07) is 3.54. The molecule has 0 radical (unpaired) electrons. The Morgan fingerprint density at radius 2 is 2.31 bits per heavy atom. The molecule has 1 fully saturated rings. The zero-order valence-electron chi connectivity index (χ0n) is 10.6. The molecule has 16 heavy (non-hydrogen) atoms. The summed E-state index contributed by atoms with van der Waals surface area (Å²) in [6.45, 7) is 7.99. The predicted octanol–water partition coefficient (Wildman–Crippen LogP) is 1.60. The van der Waals surface area contributed by atoms with E-state index in [1.54, 1.807) is 0 Å². The molecule has 90 valence electrons. The van der Waals surface area contributed by atoms with Crippen LogP contribution in [-0.4, -0.2) is 34.6 Å². The summed E-state index contributed by atoms with van der Waals surface area (Å²) in [5.41, 5.74) is 1.38. The van der Waals surface area contributed by atoms with Crippen molar-refractivity contribution in [3.8, 4) is 0 Å². The minimum atomic E-state index is 0.669. The molecular weight excluding hydrogens is 198 g/mol. The van der Waals surface area contributed by atoms with E-state index < -0.39 is 0 Å². The van der Waals surface area contributed by atoms with Crippen LogP contribution in [0.1, 0.15) is 25.8 Å². The van der Waals surface area contributed by atoms with E-state index in [9.17, 15) is 0 Å². The molecule has 0 saturated carbocycles. The molecule has 1 aromatic heterocycles. The molecule has 1 N–H and O–H groups in total. The van der Waals surface area contributed by atoms with Crippen molar-refractivity contribution in [2.24, 2.45) is 7.05 Å². The number of likely N-dealkylation sites (tertiary alicyclic amines) is 1. The van der Waals surface area contributed by atoms with Crippen molar-refractivity contribution >= 4 is 0 Å². The first-order chi connectivity index (χ1) is 7.65. The molecule has 0 aliphatic carbocycles. The van der Waals surface area contributed by atoms with Crippen molar-refractivity contribution in [1.29, 1.82) is 0 Å². The van der Waals surface area contributed by atoms with Crippen LogP contribution in [0.15, 0.2) is 18.5 Å². The number of nitrogens with one attached hydrogen (secondary N) is 1. The molecule has 0 amide bonds. The molecule has 2 heterocycles. The number of aromatic nitrogens is 1. The van der Waals surface area contributed by atoms with E-state index in [1.165, 1.54) is 25.1 Å². The maximum absolute atomic E-state index is 3.64. The van der Waals surface area contributed by atoms with Gasteiger partial charge in [0.15, 0.2) is 0 Å². The summed E-state index contributed by atoms with van der Waals surface area (Å²) in [6.07, 6.45) is 5.57. The summed E-state index contributed by atoms with van der Waals surface area (Å²) in [5.74, 6) is 0. The minimum absolute atomic E-state index is 0.669. The molecule has 2 rings (SSSR count). The van der Waals surface area contributed by atoms with E-state index in [-0.39, 0.29) is 0 Å². The first kappa shape index (κ1) is 11.7. The van der Waals surface area contributed by atoms with Crippen molar-refractivity contribution in [2.45, 2.75) is 38.9 Å². The van der Waals surface area contributed by atoms with Gasteiger partial charge in [0.2, 0.25) is 0 Å². The van der Waals surface area contributed by atoms with Crippen LogP contribution in [0.5, 0.6) is 0 Å². The second-order valence-corrected chi connectivity index (χ2v) is 5.14. The van der Waals surface area contributed by atoms with Crippen molar-refractivity contribution in [3.05, 3.63) is 24.0 Å². The van der Waals surface area contributed by atoms with Crippen molar-refractivity contribution in [3.63, 3.8) is 0 Å². The zero-order chi connectivity index (χ0) is 11.5. The number of nitrogens with zero attached hydrogens (tertiary/aromatic N) is 2. The molecule has 0 spiro atoms. The average Bonchev–Trinajstić information content (AvgIpc) is 2.83. The minimum Gasteiger partial charge on any atom is -0.357 e. The molecule has 1 saturated heterocycles. The first-order valence-corrected chi connectivity index (χ1v) is 6.23. The molecule has 1 aliphatic rings. The van der Waals surface area contributed by atoms with Crippen LogP contribution in [0, 0.1) is 0 Å². The van der Waals surface area contributed by atoms with Crippen molar-refractivity contribution in [2.75, 3.05) is 13.1 Å². The molecule has 3 nitrogen and oxygen atoms in total. The monoisotopic (exact) mass is 221 g/mol. The quantitative estimate of drug-likeness (QED) is 0.833. The Labute approximate surface area is 98.4 Å². The van der Waals surface area contributed by atoms with Crippen LogP contribution in [0.2, 0.25) is 0 Å². The lowest BCUT2D eigenvalue weighted by Gasteiger charge is -2.20. The second kappa shape index (κ2) is 5.02. The van der Waals surface area contributed by atoms with E-state index >= 15 is 0 Å². The van der Waals surface area contributed by atoms with Crippen molar-refractivity contribution in [1.82, 2.24) is 14.8 Å². The SMILES string of the molecule is CC(C)N1CCC(NCc2ccn(C)c2)C1. The van der Waals surface area contributed by atoms with Gasteiger partial charge in [-0.1, -0.05) is 0 Å². The van der Waals surface area contributed by atoms with Crippen molar-refractivity contribution < 1.29 is 0 Å². The summed E-state index contributed by atoms with van der Waals surface area (Å²) in [5, 5.41) is 3.64. The third-order valence-electron chi connectivity index (χ3n) is 3.44. The zero-order valence-corrected chi connectivity index (χ0v) is 10.6. The topological polar surface area (TPSA) is 20.2 Å². The van der Waals surface area contributed by atoms with E-state index in [1.807, 2.05) is 0 Å². The van der Waals surface area contributed by atoms with E-state index in [0.29, 0.717) is 12.1 Å².